The van der Waals surface area contributed by atoms with Crippen LogP contribution in [0.15, 0.2) is 36.5 Å². The van der Waals surface area contributed by atoms with E-state index in [1.807, 2.05) is 6.08 Å². The number of carbonyl (C=O) groups excluding carboxylic acids is 1. The van der Waals surface area contributed by atoms with Crippen molar-refractivity contribution in [1.82, 2.24) is 5.32 Å². The molecule has 0 saturated carbocycles. The topological polar surface area (TPSA) is 149 Å². The molecule has 0 aromatic carbocycles. The Morgan fingerprint density at radius 3 is 1.83 bits per heavy atom. The minimum absolute atomic E-state index is 0.191. The Morgan fingerprint density at radius 2 is 1.23 bits per heavy atom. The van der Waals surface area contributed by atoms with Gasteiger partial charge in [-0.15, -0.1) is 0 Å². The lowest BCUT2D eigenvalue weighted by atomic mass is 9.99. The van der Waals surface area contributed by atoms with Gasteiger partial charge in [-0.2, -0.15) is 0 Å². The van der Waals surface area contributed by atoms with E-state index in [0.29, 0.717) is 6.42 Å². The lowest BCUT2D eigenvalue weighted by molar-refractivity contribution is -0.302. The number of allylic oxidation sites excluding steroid dienone is 5. The molecular formula is C39H71NO8. The van der Waals surface area contributed by atoms with Crippen LogP contribution in [0.4, 0.5) is 0 Å². The summed E-state index contributed by atoms with van der Waals surface area (Å²) in [5.41, 5.74) is 0. The van der Waals surface area contributed by atoms with Crippen molar-refractivity contribution in [2.24, 2.45) is 0 Å². The van der Waals surface area contributed by atoms with Crippen LogP contribution in [-0.4, -0.2) is 87.5 Å². The van der Waals surface area contributed by atoms with Crippen LogP contribution in [0.2, 0.25) is 0 Å². The molecule has 1 heterocycles. The smallest absolute Gasteiger partial charge is 0.220 e. The van der Waals surface area contributed by atoms with Crippen molar-refractivity contribution >= 4 is 5.91 Å². The average Bonchev–Trinajstić information content (AvgIpc) is 3.08. The van der Waals surface area contributed by atoms with Crippen molar-refractivity contribution in [2.75, 3.05) is 13.2 Å². The minimum Gasteiger partial charge on any atom is -0.394 e. The van der Waals surface area contributed by atoms with Crippen molar-refractivity contribution in [2.45, 2.75) is 192 Å². The number of carbonyl (C=O) groups is 1. The molecule has 0 aromatic rings. The number of unbranched alkanes of at least 4 members (excludes halogenated alkanes) is 16. The van der Waals surface area contributed by atoms with Gasteiger partial charge in [0.1, 0.15) is 24.4 Å². The van der Waals surface area contributed by atoms with E-state index in [2.05, 4.69) is 43.5 Å². The van der Waals surface area contributed by atoms with Crippen LogP contribution < -0.4 is 5.32 Å². The molecule has 6 N–H and O–H groups in total. The van der Waals surface area contributed by atoms with Crippen molar-refractivity contribution in [3.8, 4) is 0 Å². The predicted octanol–water partition coefficient (Wildman–Crippen LogP) is 6.55. The summed E-state index contributed by atoms with van der Waals surface area (Å²) < 4.78 is 11.1. The molecule has 48 heavy (non-hydrogen) atoms. The summed E-state index contributed by atoms with van der Waals surface area (Å²) in [5.74, 6) is -0.191. The Balaban J connectivity index is 2.40. The predicted molar refractivity (Wildman–Crippen MR) is 193 cm³/mol. The third-order valence-corrected chi connectivity index (χ3v) is 8.96. The van der Waals surface area contributed by atoms with Crippen LogP contribution in [0.1, 0.15) is 149 Å². The fourth-order valence-electron chi connectivity index (χ4n) is 5.77. The number of rotatable bonds is 30. The van der Waals surface area contributed by atoms with Crippen molar-refractivity contribution in [1.29, 1.82) is 0 Å². The lowest BCUT2D eigenvalue weighted by Crippen LogP contribution is -2.60. The zero-order chi connectivity index (χ0) is 35.2. The van der Waals surface area contributed by atoms with Crippen LogP contribution in [0.5, 0.6) is 0 Å². The Bertz CT molecular complexity index is 848. The van der Waals surface area contributed by atoms with E-state index in [1.165, 1.54) is 70.6 Å². The first kappa shape index (κ1) is 44.4. The van der Waals surface area contributed by atoms with Crippen LogP contribution in [0, 0.1) is 0 Å². The summed E-state index contributed by atoms with van der Waals surface area (Å²) in [6.07, 6.45) is 27.7. The molecule has 280 valence electrons. The van der Waals surface area contributed by atoms with Crippen LogP contribution >= 0.6 is 0 Å². The van der Waals surface area contributed by atoms with Gasteiger partial charge < -0.3 is 40.3 Å². The normalized spacial score (nSPS) is 23.0. The highest BCUT2D eigenvalue weighted by atomic mass is 16.7. The maximum atomic E-state index is 12.8. The molecule has 0 spiro atoms. The van der Waals surface area contributed by atoms with Crippen molar-refractivity contribution in [3.63, 3.8) is 0 Å². The summed E-state index contributed by atoms with van der Waals surface area (Å²) in [6.45, 7) is 3.67. The quantitative estimate of drug-likeness (QED) is 0.0370. The van der Waals surface area contributed by atoms with Gasteiger partial charge in [-0.05, 0) is 51.4 Å². The number of amides is 1. The Labute approximate surface area is 291 Å². The van der Waals surface area contributed by atoms with Crippen LogP contribution in [-0.2, 0) is 14.3 Å². The maximum Gasteiger partial charge on any atom is 0.220 e. The molecule has 1 rings (SSSR count). The monoisotopic (exact) mass is 682 g/mol. The molecule has 7 unspecified atom stereocenters. The highest BCUT2D eigenvalue weighted by Gasteiger charge is 2.44. The third kappa shape index (κ3) is 21.5. The number of aliphatic hydroxyl groups excluding tert-OH is 5. The fraction of sp³-hybridized carbons (Fsp3) is 0.821. The zero-order valence-electron chi connectivity index (χ0n) is 30.2. The van der Waals surface area contributed by atoms with Crippen molar-refractivity contribution < 1.29 is 39.8 Å². The van der Waals surface area contributed by atoms with Gasteiger partial charge in [-0.25, -0.2) is 0 Å². The molecule has 1 fully saturated rings. The molecule has 0 aliphatic carbocycles. The van der Waals surface area contributed by atoms with Gasteiger partial charge in [0, 0.05) is 6.42 Å². The Kier molecular flexibility index (Phi) is 28.0. The van der Waals surface area contributed by atoms with Gasteiger partial charge in [0.2, 0.25) is 5.91 Å². The zero-order valence-corrected chi connectivity index (χ0v) is 30.2. The standard InChI is InChI=1S/C39H71NO8/c1-3-5-7-9-11-13-14-15-16-17-18-19-20-21-23-25-27-29-35(43)40-32(33(42)28-26-24-22-12-10-8-6-4-2)31-47-39-38(46)37(45)36(44)34(30-41)48-39/h11,13,15-16,26,28,32-34,36-39,41-42,44-46H,3-10,12,14,17-25,27,29-31H2,1-2H3,(H,40,43)/b13-11-,16-15-,28-26+. The van der Waals surface area contributed by atoms with Gasteiger partial charge in [-0.3, -0.25) is 4.79 Å². The summed E-state index contributed by atoms with van der Waals surface area (Å²) >= 11 is 0. The fourth-order valence-corrected chi connectivity index (χ4v) is 5.77. The Morgan fingerprint density at radius 1 is 0.708 bits per heavy atom. The first-order chi connectivity index (χ1) is 23.3. The van der Waals surface area contributed by atoms with E-state index in [0.717, 1.165) is 57.8 Å². The molecular weight excluding hydrogens is 610 g/mol. The van der Waals surface area contributed by atoms with E-state index < -0.39 is 49.5 Å². The lowest BCUT2D eigenvalue weighted by Gasteiger charge is -2.40. The maximum absolute atomic E-state index is 12.8. The second-order valence-electron chi connectivity index (χ2n) is 13.4. The molecule has 1 aliphatic rings. The van der Waals surface area contributed by atoms with Gasteiger partial charge in [0.25, 0.3) is 0 Å². The number of ether oxygens (including phenoxy) is 2. The molecule has 1 saturated heterocycles. The van der Waals surface area contributed by atoms with Gasteiger partial charge in [0.05, 0.1) is 25.4 Å². The Hall–Kier alpha value is -1.59. The summed E-state index contributed by atoms with van der Waals surface area (Å²) in [7, 11) is 0. The first-order valence-corrected chi connectivity index (χ1v) is 19.2. The number of aliphatic hydroxyl groups is 5. The number of nitrogens with one attached hydrogen (secondary N) is 1. The average molecular weight is 682 g/mol. The van der Waals surface area contributed by atoms with E-state index in [1.54, 1.807) is 6.08 Å². The summed E-state index contributed by atoms with van der Waals surface area (Å²) in [5, 5.41) is 53.7. The molecule has 1 aliphatic heterocycles. The minimum atomic E-state index is -1.56. The molecule has 0 bridgehead atoms. The van der Waals surface area contributed by atoms with Gasteiger partial charge >= 0.3 is 0 Å². The van der Waals surface area contributed by atoms with Crippen LogP contribution in [0.3, 0.4) is 0 Å². The molecule has 0 radical (unpaired) electrons. The summed E-state index contributed by atoms with van der Waals surface area (Å²) in [6, 6.07) is -0.804. The molecule has 0 aromatic heterocycles. The molecule has 9 nitrogen and oxygen atoms in total. The third-order valence-electron chi connectivity index (χ3n) is 8.96. The van der Waals surface area contributed by atoms with E-state index in [4.69, 9.17) is 9.47 Å². The van der Waals surface area contributed by atoms with Gasteiger partial charge in [-0.1, -0.05) is 127 Å². The largest absolute Gasteiger partial charge is 0.394 e. The van der Waals surface area contributed by atoms with Gasteiger partial charge in [0.15, 0.2) is 6.29 Å². The summed E-state index contributed by atoms with van der Waals surface area (Å²) in [4.78, 5) is 12.8. The highest BCUT2D eigenvalue weighted by Crippen LogP contribution is 2.22. The molecule has 1 amide bonds. The number of hydrogen-bond acceptors (Lipinski definition) is 8. The van der Waals surface area contributed by atoms with Crippen molar-refractivity contribution in [3.05, 3.63) is 36.5 Å². The second kappa shape index (κ2) is 30.3. The van der Waals surface area contributed by atoms with E-state index in [9.17, 15) is 30.3 Å². The van der Waals surface area contributed by atoms with Crippen LogP contribution in [0.25, 0.3) is 0 Å². The molecule has 7 atom stereocenters. The molecule has 9 heteroatoms. The number of hydrogen-bond donors (Lipinski definition) is 6. The SMILES string of the molecule is CCCCC/C=C\C/C=C\CCCCCCCCCC(=O)NC(COC1OC(CO)C(O)C(O)C1O)C(O)/C=C/CCCCCCCC. The van der Waals surface area contributed by atoms with E-state index >= 15 is 0 Å². The highest BCUT2D eigenvalue weighted by molar-refractivity contribution is 5.76. The van der Waals surface area contributed by atoms with E-state index in [-0.39, 0.29) is 12.5 Å². The second-order valence-corrected chi connectivity index (χ2v) is 13.4. The first-order valence-electron chi connectivity index (χ1n) is 19.2.